The van der Waals surface area contributed by atoms with Crippen LogP contribution in [0.25, 0.3) is 11.1 Å². The average Bonchev–Trinajstić information content (AvgIpc) is 3.30. The van der Waals surface area contributed by atoms with Crippen molar-refractivity contribution in [2.24, 2.45) is 0 Å². The zero-order valence-electron chi connectivity index (χ0n) is 14.9. The number of nitrogens with one attached hydrogen (secondary N) is 3. The quantitative estimate of drug-likeness (QED) is 0.398. The highest BCUT2D eigenvalue weighted by molar-refractivity contribution is 7.13. The van der Waals surface area contributed by atoms with Crippen molar-refractivity contribution in [3.63, 3.8) is 0 Å². The van der Waals surface area contributed by atoms with Crippen LogP contribution in [0.1, 0.15) is 26.4 Å². The first-order chi connectivity index (χ1) is 14.0. The summed E-state index contributed by atoms with van der Waals surface area (Å²) < 4.78 is 4.97. The van der Waals surface area contributed by atoms with E-state index in [-0.39, 0.29) is 24.1 Å². The number of thiazole rings is 1. The second-order valence-electron chi connectivity index (χ2n) is 6.10. The summed E-state index contributed by atoms with van der Waals surface area (Å²) in [6.07, 6.45) is 0. The standard InChI is InChI=1S/C19H15N5O4S/c20-18-23-13(9-29-18)17(26)22-11-4-1-3-10(7-11)8-21-16(25)12-5-2-6-14-15(12)24-19(27)28-14/h1-7,9H,8H2,(H2,20,23)(H,21,25)(H,22,26)(H,24,27). The predicted molar refractivity (Wildman–Crippen MR) is 109 cm³/mol. The molecule has 0 spiro atoms. The maximum absolute atomic E-state index is 12.5. The number of benzene rings is 2. The molecular weight excluding hydrogens is 394 g/mol. The summed E-state index contributed by atoms with van der Waals surface area (Å²) in [5.41, 5.74) is 8.10. The lowest BCUT2D eigenvalue weighted by atomic mass is 10.1. The Labute approximate surface area is 167 Å². The van der Waals surface area contributed by atoms with E-state index in [1.807, 2.05) is 6.07 Å². The predicted octanol–water partition coefficient (Wildman–Crippen LogP) is 2.34. The van der Waals surface area contributed by atoms with E-state index in [9.17, 15) is 14.4 Å². The number of oxazole rings is 1. The van der Waals surface area contributed by atoms with E-state index in [0.29, 0.717) is 27.5 Å². The maximum Gasteiger partial charge on any atom is 0.417 e. The zero-order chi connectivity index (χ0) is 20.4. The minimum atomic E-state index is -0.620. The first kappa shape index (κ1) is 18.4. The van der Waals surface area contributed by atoms with Gasteiger partial charge in [-0.05, 0) is 29.8 Å². The molecule has 2 aromatic carbocycles. The van der Waals surface area contributed by atoms with Gasteiger partial charge in [-0.25, -0.2) is 9.78 Å². The van der Waals surface area contributed by atoms with Crippen molar-refractivity contribution in [3.05, 3.63) is 75.2 Å². The van der Waals surface area contributed by atoms with Gasteiger partial charge in [-0.15, -0.1) is 11.3 Å². The summed E-state index contributed by atoms with van der Waals surface area (Å²) in [5, 5.41) is 7.43. The Bertz CT molecular complexity index is 1270. The Morgan fingerprint density at radius 3 is 2.79 bits per heavy atom. The first-order valence-corrected chi connectivity index (χ1v) is 9.39. The van der Waals surface area contributed by atoms with Gasteiger partial charge in [0.1, 0.15) is 5.69 Å². The summed E-state index contributed by atoms with van der Waals surface area (Å²) in [6, 6.07) is 11.9. The fourth-order valence-corrected chi connectivity index (χ4v) is 3.33. The van der Waals surface area contributed by atoms with Crippen LogP contribution in [-0.2, 0) is 6.54 Å². The number of nitrogens with zero attached hydrogens (tertiary/aromatic N) is 1. The third kappa shape index (κ3) is 4.01. The highest BCUT2D eigenvalue weighted by atomic mass is 32.1. The second-order valence-corrected chi connectivity index (χ2v) is 6.99. The van der Waals surface area contributed by atoms with Gasteiger partial charge in [0.25, 0.3) is 11.8 Å². The van der Waals surface area contributed by atoms with E-state index in [2.05, 4.69) is 20.6 Å². The molecule has 0 aliphatic rings. The van der Waals surface area contributed by atoms with Gasteiger partial charge >= 0.3 is 5.76 Å². The Hall–Kier alpha value is -3.92. The van der Waals surface area contributed by atoms with Crippen molar-refractivity contribution >= 4 is 45.1 Å². The number of carbonyl (C=O) groups is 2. The van der Waals surface area contributed by atoms with Gasteiger partial charge in [-0.2, -0.15) is 0 Å². The second kappa shape index (κ2) is 7.60. The topological polar surface area (TPSA) is 143 Å². The number of amides is 2. The Morgan fingerprint density at radius 1 is 1.17 bits per heavy atom. The zero-order valence-corrected chi connectivity index (χ0v) is 15.7. The molecule has 10 heteroatoms. The van der Waals surface area contributed by atoms with Crippen LogP contribution in [0, 0.1) is 0 Å². The molecule has 2 heterocycles. The number of aromatic nitrogens is 2. The molecule has 0 fully saturated rings. The van der Waals surface area contributed by atoms with Gasteiger partial charge in [0.15, 0.2) is 10.7 Å². The monoisotopic (exact) mass is 409 g/mol. The number of para-hydroxylation sites is 1. The number of nitrogens with two attached hydrogens (primary N) is 1. The van der Waals surface area contributed by atoms with Crippen molar-refractivity contribution in [3.8, 4) is 0 Å². The lowest BCUT2D eigenvalue weighted by molar-refractivity contribution is 0.0951. The molecule has 2 aromatic heterocycles. The molecule has 146 valence electrons. The van der Waals surface area contributed by atoms with Crippen LogP contribution < -0.4 is 22.1 Å². The van der Waals surface area contributed by atoms with Crippen LogP contribution in [0.2, 0.25) is 0 Å². The third-order valence-electron chi connectivity index (χ3n) is 4.09. The number of H-pyrrole nitrogens is 1. The lowest BCUT2D eigenvalue weighted by Crippen LogP contribution is -2.23. The third-order valence-corrected chi connectivity index (χ3v) is 4.77. The van der Waals surface area contributed by atoms with Gasteiger partial charge in [-0.1, -0.05) is 18.2 Å². The number of fused-ring (bicyclic) bond motifs is 1. The van der Waals surface area contributed by atoms with E-state index in [1.54, 1.807) is 41.8 Å². The van der Waals surface area contributed by atoms with Gasteiger partial charge in [0.2, 0.25) is 0 Å². The molecule has 0 atom stereocenters. The van der Waals surface area contributed by atoms with Crippen LogP contribution in [-0.4, -0.2) is 21.8 Å². The minimum absolute atomic E-state index is 0.227. The molecule has 4 aromatic rings. The maximum atomic E-state index is 12.5. The molecule has 29 heavy (non-hydrogen) atoms. The highest BCUT2D eigenvalue weighted by Gasteiger charge is 2.14. The van der Waals surface area contributed by atoms with E-state index in [0.717, 1.165) is 5.56 Å². The van der Waals surface area contributed by atoms with Crippen molar-refractivity contribution in [2.75, 3.05) is 11.1 Å². The van der Waals surface area contributed by atoms with Gasteiger partial charge in [0.05, 0.1) is 11.1 Å². The van der Waals surface area contributed by atoms with Crippen LogP contribution in [0.15, 0.2) is 57.1 Å². The van der Waals surface area contributed by atoms with Gasteiger partial charge < -0.3 is 20.8 Å². The number of aromatic amines is 1. The molecular formula is C19H15N5O4S. The van der Waals surface area contributed by atoms with E-state index in [4.69, 9.17) is 10.2 Å². The first-order valence-electron chi connectivity index (χ1n) is 8.51. The lowest BCUT2D eigenvalue weighted by Gasteiger charge is -2.08. The van der Waals surface area contributed by atoms with Crippen LogP contribution in [0.4, 0.5) is 10.8 Å². The molecule has 0 aliphatic heterocycles. The van der Waals surface area contributed by atoms with Crippen LogP contribution >= 0.6 is 11.3 Å². The van der Waals surface area contributed by atoms with Crippen molar-refractivity contribution < 1.29 is 14.0 Å². The SMILES string of the molecule is Nc1nc(C(=O)Nc2cccc(CNC(=O)c3cccc4oc(=O)[nH]c34)c2)cs1. The number of hydrogen-bond acceptors (Lipinski definition) is 7. The molecule has 0 bridgehead atoms. The van der Waals surface area contributed by atoms with Crippen molar-refractivity contribution in [1.29, 1.82) is 0 Å². The molecule has 0 unspecified atom stereocenters. The minimum Gasteiger partial charge on any atom is -0.408 e. The summed E-state index contributed by atoms with van der Waals surface area (Å²) in [4.78, 5) is 42.5. The molecule has 5 N–H and O–H groups in total. The molecule has 0 saturated heterocycles. The fourth-order valence-electron chi connectivity index (χ4n) is 2.79. The highest BCUT2D eigenvalue weighted by Crippen LogP contribution is 2.17. The molecule has 2 amide bonds. The van der Waals surface area contributed by atoms with Crippen molar-refractivity contribution in [1.82, 2.24) is 15.3 Å². The van der Waals surface area contributed by atoms with E-state index < -0.39 is 5.76 Å². The Kier molecular flexibility index (Phi) is 4.83. The number of nitrogen functional groups attached to an aromatic ring is 1. The van der Waals surface area contributed by atoms with Gasteiger partial charge in [-0.3, -0.25) is 14.6 Å². The average molecular weight is 409 g/mol. The summed E-state index contributed by atoms with van der Waals surface area (Å²) in [7, 11) is 0. The number of hydrogen-bond donors (Lipinski definition) is 4. The number of anilines is 2. The smallest absolute Gasteiger partial charge is 0.408 e. The molecule has 0 radical (unpaired) electrons. The van der Waals surface area contributed by atoms with E-state index >= 15 is 0 Å². The summed E-state index contributed by atoms with van der Waals surface area (Å²) >= 11 is 1.19. The number of rotatable bonds is 5. The van der Waals surface area contributed by atoms with Crippen LogP contribution in [0.5, 0.6) is 0 Å². The molecule has 9 nitrogen and oxygen atoms in total. The number of carbonyl (C=O) groups excluding carboxylic acids is 2. The molecule has 0 aliphatic carbocycles. The van der Waals surface area contributed by atoms with Crippen LogP contribution in [0.3, 0.4) is 0 Å². The van der Waals surface area contributed by atoms with Crippen molar-refractivity contribution in [2.45, 2.75) is 6.54 Å². The molecule has 0 saturated carbocycles. The van der Waals surface area contributed by atoms with E-state index in [1.165, 1.54) is 11.3 Å². The molecule has 4 rings (SSSR count). The fraction of sp³-hybridized carbons (Fsp3) is 0.0526. The van der Waals surface area contributed by atoms with Gasteiger partial charge in [0, 0.05) is 17.6 Å². The largest absolute Gasteiger partial charge is 0.417 e. The Balaban J connectivity index is 1.44. The summed E-state index contributed by atoms with van der Waals surface area (Å²) in [5.74, 6) is -1.35. The normalized spacial score (nSPS) is 10.8. The Morgan fingerprint density at radius 2 is 2.00 bits per heavy atom. The summed E-state index contributed by atoms with van der Waals surface area (Å²) in [6.45, 7) is 0.227.